The number of para-hydroxylation sites is 1. The van der Waals surface area contributed by atoms with Crippen molar-refractivity contribution < 1.29 is 4.39 Å². The summed E-state index contributed by atoms with van der Waals surface area (Å²) in [6.07, 6.45) is 2.18. The Morgan fingerprint density at radius 1 is 1.00 bits per heavy atom. The second-order valence-corrected chi connectivity index (χ2v) is 5.23. The number of alkyl halides is 1. The zero-order chi connectivity index (χ0) is 17.1. The summed E-state index contributed by atoms with van der Waals surface area (Å²) in [5.41, 5.74) is 2.27. The van der Waals surface area contributed by atoms with Gasteiger partial charge in [-0.3, -0.25) is 4.98 Å². The van der Waals surface area contributed by atoms with E-state index < -0.39 is 0 Å². The summed E-state index contributed by atoms with van der Waals surface area (Å²) in [5, 5.41) is 1.20. The monoisotopic (exact) mass is 318 g/mol. The highest BCUT2D eigenvalue weighted by molar-refractivity contribution is 5.78. The van der Waals surface area contributed by atoms with Crippen molar-refractivity contribution in [3.05, 3.63) is 42.1 Å². The highest BCUT2D eigenvalue weighted by atomic mass is 19.1. The normalized spacial score (nSPS) is 15.3. The average molecular weight is 318 g/mol. The maximum Gasteiger partial charge on any atom is 0.102 e. The van der Waals surface area contributed by atoms with E-state index in [2.05, 4.69) is 29.2 Å². The van der Waals surface area contributed by atoms with Gasteiger partial charge in [0.25, 0.3) is 0 Å². The van der Waals surface area contributed by atoms with Crippen LogP contribution in [0.25, 0.3) is 10.9 Å². The van der Waals surface area contributed by atoms with Crippen molar-refractivity contribution in [3.8, 4) is 0 Å². The highest BCUT2D eigenvalue weighted by Crippen LogP contribution is 2.27. The number of rotatable bonds is 3. The molecule has 0 spiro atoms. The van der Waals surface area contributed by atoms with Crippen LogP contribution in [0, 0.1) is 0 Å². The lowest BCUT2D eigenvalue weighted by Gasteiger charge is -2.30. The molecule has 2 nitrogen and oxygen atoms in total. The van der Waals surface area contributed by atoms with Crippen LogP contribution in [-0.4, -0.2) is 36.2 Å². The molecule has 1 aliphatic rings. The number of halogens is 1. The first-order valence-electron chi connectivity index (χ1n) is 9.01. The second kappa shape index (κ2) is 11.1. The van der Waals surface area contributed by atoms with Crippen molar-refractivity contribution in [2.45, 2.75) is 46.5 Å². The van der Waals surface area contributed by atoms with Crippen LogP contribution in [0.3, 0.4) is 0 Å². The third-order valence-corrected chi connectivity index (χ3v) is 4.03. The maximum atomic E-state index is 12.3. The van der Waals surface area contributed by atoms with Gasteiger partial charge in [-0.25, -0.2) is 4.39 Å². The topological polar surface area (TPSA) is 16.1 Å². The summed E-state index contributed by atoms with van der Waals surface area (Å²) < 4.78 is 12.3. The van der Waals surface area contributed by atoms with Crippen molar-refractivity contribution in [1.82, 2.24) is 9.88 Å². The van der Waals surface area contributed by atoms with E-state index in [9.17, 15) is 4.39 Å². The predicted octanol–water partition coefficient (Wildman–Crippen LogP) is 5.44. The van der Waals surface area contributed by atoms with E-state index >= 15 is 0 Å². The number of pyridine rings is 1. The van der Waals surface area contributed by atoms with Crippen molar-refractivity contribution in [3.63, 3.8) is 0 Å². The standard InChI is InChI=1S/C16H19FN2.2C2H6/c17-9-12-19-10-7-14(8-11-19)16-6-5-13-3-1-2-4-15(13)18-16;2*1-2/h1-6,14H,7-12H2;2*1-2H3. The molecule has 1 saturated heterocycles. The summed E-state index contributed by atoms with van der Waals surface area (Å²) in [6, 6.07) is 12.5. The number of fused-ring (bicyclic) bond motifs is 1. The largest absolute Gasteiger partial charge is 0.301 e. The van der Waals surface area contributed by atoms with Crippen molar-refractivity contribution >= 4 is 10.9 Å². The number of aromatic nitrogens is 1. The Labute approximate surface area is 140 Å². The molecule has 128 valence electrons. The van der Waals surface area contributed by atoms with E-state index in [0.29, 0.717) is 12.5 Å². The average Bonchev–Trinajstić information content (AvgIpc) is 2.65. The molecular formula is C20H31FN2. The Morgan fingerprint density at radius 3 is 2.30 bits per heavy atom. The van der Waals surface area contributed by atoms with Gasteiger partial charge < -0.3 is 4.90 Å². The summed E-state index contributed by atoms with van der Waals surface area (Å²) >= 11 is 0. The molecule has 23 heavy (non-hydrogen) atoms. The fourth-order valence-electron chi connectivity index (χ4n) is 2.88. The fourth-order valence-corrected chi connectivity index (χ4v) is 2.88. The molecular weight excluding hydrogens is 287 g/mol. The smallest absolute Gasteiger partial charge is 0.102 e. The van der Waals surface area contributed by atoms with E-state index in [0.717, 1.165) is 31.4 Å². The molecule has 1 aromatic heterocycles. The van der Waals surface area contributed by atoms with Gasteiger partial charge in [0.15, 0.2) is 0 Å². The van der Waals surface area contributed by atoms with E-state index in [4.69, 9.17) is 4.98 Å². The number of hydrogen-bond acceptors (Lipinski definition) is 2. The van der Waals surface area contributed by atoms with Gasteiger partial charge in [0.1, 0.15) is 6.67 Å². The van der Waals surface area contributed by atoms with Crippen LogP contribution >= 0.6 is 0 Å². The van der Waals surface area contributed by atoms with Crippen molar-refractivity contribution in [1.29, 1.82) is 0 Å². The SMILES string of the molecule is CC.CC.FCCN1CCC(c2ccc3ccccc3n2)CC1. The van der Waals surface area contributed by atoms with Gasteiger partial charge in [-0.2, -0.15) is 0 Å². The summed E-state index contributed by atoms with van der Waals surface area (Å²) in [6.45, 7) is 10.3. The molecule has 0 unspecified atom stereocenters. The minimum Gasteiger partial charge on any atom is -0.301 e. The Kier molecular flexibility index (Phi) is 9.46. The minimum absolute atomic E-state index is 0.237. The molecule has 1 fully saturated rings. The van der Waals surface area contributed by atoms with Crippen LogP contribution in [-0.2, 0) is 0 Å². The third kappa shape index (κ3) is 5.58. The first kappa shape index (κ1) is 19.6. The summed E-state index contributed by atoms with van der Waals surface area (Å²) in [7, 11) is 0. The molecule has 0 N–H and O–H groups in total. The highest BCUT2D eigenvalue weighted by Gasteiger charge is 2.21. The third-order valence-electron chi connectivity index (χ3n) is 4.03. The molecule has 3 rings (SSSR count). The van der Waals surface area contributed by atoms with Crippen LogP contribution in [0.1, 0.15) is 52.1 Å². The van der Waals surface area contributed by atoms with Crippen LogP contribution in [0.4, 0.5) is 4.39 Å². The molecule has 1 aromatic carbocycles. The Morgan fingerprint density at radius 2 is 1.65 bits per heavy atom. The number of benzene rings is 1. The van der Waals surface area contributed by atoms with Crippen LogP contribution in [0.15, 0.2) is 36.4 Å². The summed E-state index contributed by atoms with van der Waals surface area (Å²) in [5.74, 6) is 0.528. The molecule has 2 heterocycles. The van der Waals surface area contributed by atoms with Crippen LogP contribution < -0.4 is 0 Å². The minimum atomic E-state index is -0.237. The second-order valence-electron chi connectivity index (χ2n) is 5.23. The Balaban J connectivity index is 0.000000615. The van der Waals surface area contributed by atoms with Gasteiger partial charge >= 0.3 is 0 Å². The van der Waals surface area contributed by atoms with Crippen molar-refractivity contribution in [2.75, 3.05) is 26.3 Å². The van der Waals surface area contributed by atoms with Gasteiger partial charge in [-0.05, 0) is 38.1 Å². The number of likely N-dealkylation sites (tertiary alicyclic amines) is 1. The number of piperidine rings is 1. The lowest BCUT2D eigenvalue weighted by atomic mass is 9.92. The molecule has 0 radical (unpaired) electrons. The first-order valence-corrected chi connectivity index (χ1v) is 9.01. The van der Waals surface area contributed by atoms with Crippen LogP contribution in [0.2, 0.25) is 0 Å². The van der Waals surface area contributed by atoms with Gasteiger partial charge in [0.2, 0.25) is 0 Å². The van der Waals surface area contributed by atoms with Gasteiger partial charge in [0, 0.05) is 23.5 Å². The van der Waals surface area contributed by atoms with E-state index in [1.54, 1.807) is 0 Å². The summed E-state index contributed by atoms with van der Waals surface area (Å²) in [4.78, 5) is 6.98. The molecule has 0 atom stereocenters. The van der Waals surface area contributed by atoms with E-state index in [1.807, 2.05) is 39.8 Å². The number of nitrogens with zero attached hydrogens (tertiary/aromatic N) is 2. The molecule has 2 aromatic rings. The van der Waals surface area contributed by atoms with Crippen molar-refractivity contribution in [2.24, 2.45) is 0 Å². The molecule has 1 aliphatic heterocycles. The van der Waals surface area contributed by atoms with E-state index in [-0.39, 0.29) is 6.67 Å². The lowest BCUT2D eigenvalue weighted by Crippen LogP contribution is -2.34. The lowest BCUT2D eigenvalue weighted by molar-refractivity contribution is 0.196. The fraction of sp³-hybridized carbons (Fsp3) is 0.550. The van der Waals surface area contributed by atoms with Gasteiger partial charge in [-0.1, -0.05) is 52.0 Å². The molecule has 0 bridgehead atoms. The predicted molar refractivity (Wildman–Crippen MR) is 98.8 cm³/mol. The maximum absolute atomic E-state index is 12.3. The Bertz CT molecular complexity index is 548. The molecule has 3 heteroatoms. The Hall–Kier alpha value is -1.48. The molecule has 0 saturated carbocycles. The zero-order valence-corrected chi connectivity index (χ0v) is 15.1. The van der Waals surface area contributed by atoms with E-state index in [1.165, 1.54) is 11.1 Å². The van der Waals surface area contributed by atoms with Crippen LogP contribution in [0.5, 0.6) is 0 Å². The molecule has 0 aliphatic carbocycles. The number of hydrogen-bond donors (Lipinski definition) is 0. The van der Waals surface area contributed by atoms with Gasteiger partial charge in [-0.15, -0.1) is 0 Å². The molecule has 0 amide bonds. The van der Waals surface area contributed by atoms with Gasteiger partial charge in [0.05, 0.1) is 5.52 Å². The zero-order valence-electron chi connectivity index (χ0n) is 15.1. The first-order chi connectivity index (χ1) is 11.4. The quantitative estimate of drug-likeness (QED) is 0.749.